The van der Waals surface area contributed by atoms with Crippen LogP contribution in [0.2, 0.25) is 0 Å². The maximum atomic E-state index is 12.2. The van der Waals surface area contributed by atoms with Crippen molar-refractivity contribution in [3.8, 4) is 0 Å². The predicted octanol–water partition coefficient (Wildman–Crippen LogP) is 3.55. The SMILES string of the molecule is CC(NCCC1CCCN1C(=O)OC(C)(C)C)C1(C)CC1. The lowest BCUT2D eigenvalue weighted by molar-refractivity contribution is 0.0220. The van der Waals surface area contributed by atoms with E-state index in [1.54, 1.807) is 0 Å². The average molecular weight is 296 g/mol. The minimum Gasteiger partial charge on any atom is -0.444 e. The lowest BCUT2D eigenvalue weighted by Gasteiger charge is -2.29. The van der Waals surface area contributed by atoms with E-state index in [0.29, 0.717) is 17.5 Å². The van der Waals surface area contributed by atoms with Crippen molar-refractivity contribution in [1.29, 1.82) is 0 Å². The fraction of sp³-hybridized carbons (Fsp3) is 0.941. The zero-order valence-corrected chi connectivity index (χ0v) is 14.4. The van der Waals surface area contributed by atoms with Gasteiger partial charge in [-0.15, -0.1) is 0 Å². The third-order valence-electron chi connectivity index (χ3n) is 5.02. The second-order valence-corrected chi connectivity index (χ2v) is 8.09. The van der Waals surface area contributed by atoms with Gasteiger partial charge in [0.25, 0.3) is 0 Å². The van der Waals surface area contributed by atoms with Gasteiger partial charge in [-0.3, -0.25) is 0 Å². The molecule has 1 aliphatic carbocycles. The van der Waals surface area contributed by atoms with Gasteiger partial charge in [0.05, 0.1) is 0 Å². The molecule has 0 aromatic carbocycles. The average Bonchev–Trinajstić information content (AvgIpc) is 2.94. The molecule has 0 bridgehead atoms. The van der Waals surface area contributed by atoms with E-state index in [1.807, 2.05) is 25.7 Å². The van der Waals surface area contributed by atoms with Crippen LogP contribution < -0.4 is 5.32 Å². The van der Waals surface area contributed by atoms with Gasteiger partial charge in [-0.05, 0) is 71.8 Å². The minimum absolute atomic E-state index is 0.146. The van der Waals surface area contributed by atoms with Crippen molar-refractivity contribution in [2.75, 3.05) is 13.1 Å². The van der Waals surface area contributed by atoms with Gasteiger partial charge in [-0.1, -0.05) is 6.92 Å². The molecule has 1 N–H and O–H groups in total. The van der Waals surface area contributed by atoms with Crippen LogP contribution in [0, 0.1) is 5.41 Å². The molecule has 1 aliphatic heterocycles. The summed E-state index contributed by atoms with van der Waals surface area (Å²) in [6.07, 6.45) is 5.76. The summed E-state index contributed by atoms with van der Waals surface area (Å²) in [6, 6.07) is 0.917. The van der Waals surface area contributed by atoms with Crippen molar-refractivity contribution in [2.45, 2.75) is 84.4 Å². The highest BCUT2D eigenvalue weighted by Crippen LogP contribution is 2.47. The molecule has 2 atom stereocenters. The second kappa shape index (κ2) is 6.15. The molecule has 4 nitrogen and oxygen atoms in total. The van der Waals surface area contributed by atoms with Crippen LogP contribution in [0.15, 0.2) is 0 Å². The van der Waals surface area contributed by atoms with Crippen molar-refractivity contribution in [2.24, 2.45) is 5.41 Å². The molecule has 1 heterocycles. The Bertz CT molecular complexity index is 371. The Kier molecular flexibility index (Phi) is 4.86. The summed E-state index contributed by atoms with van der Waals surface area (Å²) in [7, 11) is 0. The lowest BCUT2D eigenvalue weighted by atomic mass is 10.0. The molecule has 122 valence electrons. The fourth-order valence-electron chi connectivity index (χ4n) is 3.04. The molecule has 0 spiro atoms. The second-order valence-electron chi connectivity index (χ2n) is 8.09. The number of hydrogen-bond acceptors (Lipinski definition) is 3. The fourth-order valence-corrected chi connectivity index (χ4v) is 3.04. The van der Waals surface area contributed by atoms with E-state index in [4.69, 9.17) is 4.74 Å². The number of ether oxygens (including phenoxy) is 1. The van der Waals surface area contributed by atoms with E-state index < -0.39 is 5.60 Å². The number of hydrogen-bond donors (Lipinski definition) is 1. The van der Waals surface area contributed by atoms with E-state index in [9.17, 15) is 4.79 Å². The maximum Gasteiger partial charge on any atom is 0.410 e. The number of amides is 1. The van der Waals surface area contributed by atoms with Crippen LogP contribution in [0.3, 0.4) is 0 Å². The van der Waals surface area contributed by atoms with Crippen molar-refractivity contribution in [3.05, 3.63) is 0 Å². The summed E-state index contributed by atoms with van der Waals surface area (Å²) in [6.45, 7) is 12.2. The van der Waals surface area contributed by atoms with Crippen LogP contribution in [-0.4, -0.2) is 41.8 Å². The van der Waals surface area contributed by atoms with E-state index >= 15 is 0 Å². The normalized spacial score (nSPS) is 25.8. The monoisotopic (exact) mass is 296 g/mol. The third kappa shape index (κ3) is 4.60. The molecule has 1 amide bonds. The molecule has 2 aliphatic rings. The van der Waals surface area contributed by atoms with Crippen molar-refractivity contribution in [1.82, 2.24) is 10.2 Å². The largest absolute Gasteiger partial charge is 0.444 e. The molecule has 2 rings (SSSR count). The van der Waals surface area contributed by atoms with Crippen LogP contribution in [-0.2, 0) is 4.74 Å². The van der Waals surface area contributed by atoms with Gasteiger partial charge < -0.3 is 15.0 Å². The molecule has 4 heteroatoms. The Morgan fingerprint density at radius 3 is 2.67 bits per heavy atom. The van der Waals surface area contributed by atoms with E-state index in [-0.39, 0.29) is 6.09 Å². The highest BCUT2D eigenvalue weighted by Gasteiger charge is 2.42. The number of likely N-dealkylation sites (tertiary alicyclic amines) is 1. The van der Waals surface area contributed by atoms with Crippen LogP contribution in [0.25, 0.3) is 0 Å². The molecular weight excluding hydrogens is 264 g/mol. The molecule has 1 saturated carbocycles. The predicted molar refractivity (Wildman–Crippen MR) is 85.4 cm³/mol. The molecule has 0 aromatic rings. The van der Waals surface area contributed by atoms with Gasteiger partial charge in [-0.2, -0.15) is 0 Å². The first-order valence-corrected chi connectivity index (χ1v) is 8.44. The van der Waals surface area contributed by atoms with Gasteiger partial charge in [0.1, 0.15) is 5.60 Å². The first-order chi connectivity index (χ1) is 9.71. The zero-order chi connectivity index (χ0) is 15.7. The highest BCUT2D eigenvalue weighted by atomic mass is 16.6. The Balaban J connectivity index is 1.75. The van der Waals surface area contributed by atoms with Gasteiger partial charge in [0.2, 0.25) is 0 Å². The van der Waals surface area contributed by atoms with Crippen LogP contribution in [0.5, 0.6) is 0 Å². The highest BCUT2D eigenvalue weighted by molar-refractivity contribution is 5.68. The number of nitrogens with zero attached hydrogens (tertiary/aromatic N) is 1. The molecular formula is C17H32N2O2. The van der Waals surface area contributed by atoms with Crippen LogP contribution >= 0.6 is 0 Å². The van der Waals surface area contributed by atoms with Gasteiger partial charge in [0.15, 0.2) is 0 Å². The summed E-state index contributed by atoms with van der Waals surface area (Å²) >= 11 is 0. The summed E-state index contributed by atoms with van der Waals surface area (Å²) in [5.74, 6) is 0. The summed E-state index contributed by atoms with van der Waals surface area (Å²) in [5, 5.41) is 3.64. The number of carbonyl (C=O) groups is 1. The van der Waals surface area contributed by atoms with E-state index in [0.717, 1.165) is 32.4 Å². The lowest BCUT2D eigenvalue weighted by Crippen LogP contribution is -2.42. The summed E-state index contributed by atoms with van der Waals surface area (Å²) in [5.41, 5.74) is 0.109. The molecule has 0 radical (unpaired) electrons. The van der Waals surface area contributed by atoms with Crippen LogP contribution in [0.1, 0.15) is 66.7 Å². The number of nitrogens with one attached hydrogen (secondary N) is 1. The molecule has 2 unspecified atom stereocenters. The summed E-state index contributed by atoms with van der Waals surface area (Å²) < 4.78 is 5.51. The van der Waals surface area contributed by atoms with Crippen molar-refractivity contribution >= 4 is 6.09 Å². The zero-order valence-electron chi connectivity index (χ0n) is 14.4. The van der Waals surface area contributed by atoms with Gasteiger partial charge in [0, 0.05) is 18.6 Å². The van der Waals surface area contributed by atoms with Crippen molar-refractivity contribution in [3.63, 3.8) is 0 Å². The van der Waals surface area contributed by atoms with Crippen LogP contribution in [0.4, 0.5) is 4.79 Å². The Morgan fingerprint density at radius 1 is 1.43 bits per heavy atom. The van der Waals surface area contributed by atoms with Gasteiger partial charge in [-0.25, -0.2) is 4.79 Å². The van der Waals surface area contributed by atoms with Crippen molar-refractivity contribution < 1.29 is 9.53 Å². The maximum absolute atomic E-state index is 12.2. The molecule has 2 fully saturated rings. The number of carbonyl (C=O) groups excluding carboxylic acids is 1. The first kappa shape index (κ1) is 16.6. The Morgan fingerprint density at radius 2 is 2.10 bits per heavy atom. The smallest absolute Gasteiger partial charge is 0.410 e. The minimum atomic E-state index is -0.405. The third-order valence-corrected chi connectivity index (χ3v) is 5.02. The standard InChI is InChI=1S/C17H32N2O2/c1-13(17(5)9-10-17)18-11-8-14-7-6-12-19(14)15(20)21-16(2,3)4/h13-14,18H,6-12H2,1-5H3. The Hall–Kier alpha value is -0.770. The molecule has 0 aromatic heterocycles. The first-order valence-electron chi connectivity index (χ1n) is 8.44. The summed E-state index contributed by atoms with van der Waals surface area (Å²) in [4.78, 5) is 14.1. The topological polar surface area (TPSA) is 41.6 Å². The van der Waals surface area contributed by atoms with E-state index in [1.165, 1.54) is 12.8 Å². The van der Waals surface area contributed by atoms with Gasteiger partial charge >= 0.3 is 6.09 Å². The molecule has 21 heavy (non-hydrogen) atoms. The quantitative estimate of drug-likeness (QED) is 0.843. The Labute approximate surface area is 129 Å². The number of rotatable bonds is 5. The van der Waals surface area contributed by atoms with E-state index in [2.05, 4.69) is 19.2 Å². The molecule has 1 saturated heterocycles.